The van der Waals surface area contributed by atoms with Crippen molar-refractivity contribution in [2.24, 2.45) is 5.92 Å². The summed E-state index contributed by atoms with van der Waals surface area (Å²) in [5.41, 5.74) is 0. The van der Waals surface area contributed by atoms with Crippen molar-refractivity contribution in [1.82, 2.24) is 0 Å². The van der Waals surface area contributed by atoms with Crippen molar-refractivity contribution < 1.29 is 4.79 Å². The van der Waals surface area contributed by atoms with E-state index in [2.05, 4.69) is 12.6 Å². The van der Waals surface area contributed by atoms with Crippen LogP contribution in [0.5, 0.6) is 0 Å². The second kappa shape index (κ2) is 3.08. The quantitative estimate of drug-likeness (QED) is 0.425. The number of carbonyl (C=O) groups excluding carboxylic acids is 1. The molecule has 0 aromatic heterocycles. The van der Waals surface area contributed by atoms with E-state index in [1.807, 2.05) is 13.8 Å². The first-order valence-electron chi connectivity index (χ1n) is 2.32. The van der Waals surface area contributed by atoms with E-state index in [0.29, 0.717) is 0 Å². The number of hydrogen-bond acceptors (Lipinski definition) is 2. The minimum atomic E-state index is 0.0864. The predicted octanol–water partition coefficient (Wildman–Crippen LogP) is 1.14. The molecule has 42 valence electrons. The topological polar surface area (TPSA) is 17.1 Å². The van der Waals surface area contributed by atoms with Crippen molar-refractivity contribution in [3.05, 3.63) is 0 Å². The van der Waals surface area contributed by atoms with E-state index in [1.54, 1.807) is 0 Å². The van der Waals surface area contributed by atoms with Crippen LogP contribution in [-0.2, 0) is 4.79 Å². The van der Waals surface area contributed by atoms with Crippen LogP contribution >= 0.6 is 12.6 Å². The monoisotopic (exact) mass is 118 g/mol. The van der Waals surface area contributed by atoms with E-state index in [9.17, 15) is 4.79 Å². The Hall–Kier alpha value is 0.0200. The molecule has 1 nitrogen and oxygen atoms in total. The van der Waals surface area contributed by atoms with Gasteiger partial charge in [-0.15, -0.1) is 0 Å². The number of carbonyl (C=O) groups is 1. The van der Waals surface area contributed by atoms with Gasteiger partial charge in [-0.05, 0) is 0 Å². The maximum Gasteiger partial charge on any atom is 0.123 e. The zero-order chi connectivity index (χ0) is 5.86. The van der Waals surface area contributed by atoms with Crippen molar-refractivity contribution in [3.63, 3.8) is 0 Å². The fourth-order valence-corrected chi connectivity index (χ4v) is 0.184. The average Bonchev–Trinajstić information content (AvgIpc) is 1.65. The molecule has 2 heteroatoms. The van der Waals surface area contributed by atoms with Crippen LogP contribution in [0.4, 0.5) is 0 Å². The van der Waals surface area contributed by atoms with Crippen LogP contribution in [0.3, 0.4) is 0 Å². The average molecular weight is 118 g/mol. The van der Waals surface area contributed by atoms with E-state index in [-0.39, 0.29) is 11.2 Å². The zero-order valence-electron chi connectivity index (χ0n) is 4.59. The fourth-order valence-electron chi connectivity index (χ4n) is 0.114. The maximum absolute atomic E-state index is 9.90. The van der Waals surface area contributed by atoms with Crippen LogP contribution in [0.15, 0.2) is 0 Å². The second-order valence-electron chi connectivity index (χ2n) is 1.74. The number of aldehydes is 1. The first-order valence-corrected chi connectivity index (χ1v) is 2.83. The molecule has 0 fully saturated rings. The van der Waals surface area contributed by atoms with Crippen LogP contribution in [0.2, 0.25) is 0 Å². The third-order valence-corrected chi connectivity index (χ3v) is 1.45. The van der Waals surface area contributed by atoms with Gasteiger partial charge in [0.2, 0.25) is 0 Å². The summed E-state index contributed by atoms with van der Waals surface area (Å²) in [5.74, 6) is 0.0864. The highest BCUT2D eigenvalue weighted by Gasteiger charge is 2.03. The van der Waals surface area contributed by atoms with Gasteiger partial charge in [0.05, 0.1) is 0 Å². The summed E-state index contributed by atoms with van der Waals surface area (Å²) in [6.07, 6.45) is 0.914. The summed E-state index contributed by atoms with van der Waals surface area (Å²) < 4.78 is 0. The molecule has 0 rings (SSSR count). The van der Waals surface area contributed by atoms with Crippen LogP contribution in [0.1, 0.15) is 13.8 Å². The highest BCUT2D eigenvalue weighted by atomic mass is 32.1. The van der Waals surface area contributed by atoms with Gasteiger partial charge < -0.3 is 4.79 Å². The van der Waals surface area contributed by atoms with Gasteiger partial charge in [-0.1, -0.05) is 13.8 Å². The normalized spacial score (nSPS) is 18.1. The molecule has 0 aliphatic rings. The van der Waals surface area contributed by atoms with E-state index in [0.717, 1.165) is 6.29 Å². The minimum absolute atomic E-state index is 0.0864. The molecule has 0 aromatic rings. The van der Waals surface area contributed by atoms with E-state index < -0.39 is 0 Å². The second-order valence-corrected chi connectivity index (χ2v) is 2.55. The first kappa shape index (κ1) is 7.02. The lowest BCUT2D eigenvalue weighted by molar-refractivity contribution is -0.110. The maximum atomic E-state index is 9.90. The Morgan fingerprint density at radius 3 is 2.00 bits per heavy atom. The highest BCUT2D eigenvalue weighted by Crippen LogP contribution is 2.03. The molecule has 0 aliphatic heterocycles. The Morgan fingerprint density at radius 1 is 1.57 bits per heavy atom. The fraction of sp³-hybridized carbons (Fsp3) is 0.800. The molecular formula is C5H10OS. The molecular weight excluding hydrogens is 108 g/mol. The van der Waals surface area contributed by atoms with Crippen molar-refractivity contribution in [2.75, 3.05) is 0 Å². The molecule has 0 N–H and O–H groups in total. The molecule has 0 bridgehead atoms. The summed E-state index contributed by atoms with van der Waals surface area (Å²) in [4.78, 5) is 9.90. The standard InChI is InChI=1S/C5H10OS/c1-4(3-6)5(2)7/h3-5,7H,1-2H3/t4-,5-/m1/s1. The van der Waals surface area contributed by atoms with Gasteiger partial charge in [-0.3, -0.25) is 0 Å². The largest absolute Gasteiger partial charge is 0.303 e. The Balaban J connectivity index is 3.33. The van der Waals surface area contributed by atoms with Gasteiger partial charge in [-0.2, -0.15) is 12.6 Å². The smallest absolute Gasteiger partial charge is 0.123 e. The minimum Gasteiger partial charge on any atom is -0.303 e. The predicted molar refractivity (Wildman–Crippen MR) is 33.7 cm³/mol. The van der Waals surface area contributed by atoms with E-state index >= 15 is 0 Å². The van der Waals surface area contributed by atoms with Crippen molar-refractivity contribution in [3.8, 4) is 0 Å². The lowest BCUT2D eigenvalue weighted by Gasteiger charge is -2.03. The SMILES string of the molecule is C[C@H](C=O)[C@@H](C)S. The van der Waals surface area contributed by atoms with Crippen molar-refractivity contribution in [1.29, 1.82) is 0 Å². The Labute approximate surface area is 49.5 Å². The van der Waals surface area contributed by atoms with Crippen LogP contribution in [-0.4, -0.2) is 11.5 Å². The lowest BCUT2D eigenvalue weighted by Crippen LogP contribution is -2.07. The molecule has 0 aromatic carbocycles. The third-order valence-electron chi connectivity index (χ3n) is 0.976. The highest BCUT2D eigenvalue weighted by molar-refractivity contribution is 7.81. The molecule has 0 heterocycles. The lowest BCUT2D eigenvalue weighted by atomic mass is 10.1. The van der Waals surface area contributed by atoms with E-state index in [4.69, 9.17) is 0 Å². The van der Waals surface area contributed by atoms with Gasteiger partial charge in [0.15, 0.2) is 0 Å². The van der Waals surface area contributed by atoms with Crippen molar-refractivity contribution >= 4 is 18.9 Å². The summed E-state index contributed by atoms with van der Waals surface area (Å²) in [7, 11) is 0. The molecule has 0 saturated heterocycles. The van der Waals surface area contributed by atoms with Crippen LogP contribution in [0, 0.1) is 5.92 Å². The van der Waals surface area contributed by atoms with E-state index in [1.165, 1.54) is 0 Å². The molecule has 2 atom stereocenters. The number of thiol groups is 1. The van der Waals surface area contributed by atoms with Gasteiger partial charge in [0, 0.05) is 11.2 Å². The Morgan fingerprint density at radius 2 is 2.00 bits per heavy atom. The molecule has 0 amide bonds. The molecule has 0 radical (unpaired) electrons. The summed E-state index contributed by atoms with van der Waals surface area (Å²) in [6, 6.07) is 0. The summed E-state index contributed by atoms with van der Waals surface area (Å²) >= 11 is 4.04. The first-order chi connectivity index (χ1) is 3.18. The summed E-state index contributed by atoms with van der Waals surface area (Å²) in [6.45, 7) is 3.76. The Bertz CT molecular complexity index is 61.1. The molecule has 0 spiro atoms. The summed E-state index contributed by atoms with van der Waals surface area (Å²) in [5, 5.41) is 0.192. The van der Waals surface area contributed by atoms with Gasteiger partial charge in [-0.25, -0.2) is 0 Å². The van der Waals surface area contributed by atoms with Gasteiger partial charge >= 0.3 is 0 Å². The molecule has 0 saturated carbocycles. The molecule has 0 unspecified atom stereocenters. The van der Waals surface area contributed by atoms with Gasteiger partial charge in [0.25, 0.3) is 0 Å². The third kappa shape index (κ3) is 2.68. The van der Waals surface area contributed by atoms with Crippen molar-refractivity contribution in [2.45, 2.75) is 19.1 Å². The van der Waals surface area contributed by atoms with Crippen LogP contribution < -0.4 is 0 Å². The van der Waals surface area contributed by atoms with Crippen LogP contribution in [0.25, 0.3) is 0 Å². The molecule has 0 aliphatic carbocycles. The zero-order valence-corrected chi connectivity index (χ0v) is 5.48. The molecule has 7 heavy (non-hydrogen) atoms. The number of hydrogen-bond donors (Lipinski definition) is 1. The van der Waals surface area contributed by atoms with Gasteiger partial charge in [0.1, 0.15) is 6.29 Å². The Kier molecular flexibility index (Phi) is 3.09. The number of rotatable bonds is 2.